The number of nitrogens with one attached hydrogen (secondary N) is 1. The molecule has 2 saturated carbocycles. The Morgan fingerprint density at radius 3 is 2.25 bits per heavy atom. The van der Waals surface area contributed by atoms with Crippen molar-refractivity contribution in [3.63, 3.8) is 0 Å². The molecule has 1 aromatic heterocycles. The minimum Gasteiger partial charge on any atom is -0.307 e. The summed E-state index contributed by atoms with van der Waals surface area (Å²) >= 11 is 15.0. The zero-order chi connectivity index (χ0) is 24.7. The van der Waals surface area contributed by atoms with E-state index < -0.39 is 0 Å². The highest BCUT2D eigenvalue weighted by Crippen LogP contribution is 2.68. The van der Waals surface area contributed by atoms with Gasteiger partial charge in [0.15, 0.2) is 0 Å². The summed E-state index contributed by atoms with van der Waals surface area (Å²) in [6.07, 6.45) is 2.38. The van der Waals surface area contributed by atoms with Crippen molar-refractivity contribution >= 4 is 64.3 Å². The number of imide groups is 1. The number of hydrogen-bond donors (Lipinski definition) is 1. The van der Waals surface area contributed by atoms with Crippen LogP contribution >= 0.6 is 46.3 Å². The van der Waals surface area contributed by atoms with Gasteiger partial charge in [0.1, 0.15) is 0 Å². The first-order valence-electron chi connectivity index (χ1n) is 11.7. The number of benzene rings is 2. The predicted octanol–water partition coefficient (Wildman–Crippen LogP) is 5.25. The van der Waals surface area contributed by atoms with E-state index in [-0.39, 0.29) is 57.4 Å². The van der Waals surface area contributed by atoms with Crippen LogP contribution in [-0.2, 0) is 9.59 Å². The van der Waals surface area contributed by atoms with Crippen LogP contribution in [0.4, 0.5) is 0 Å². The number of nitrogens with zero attached hydrogens (tertiary/aromatic N) is 2. The summed E-state index contributed by atoms with van der Waals surface area (Å²) in [6.45, 7) is 0. The van der Waals surface area contributed by atoms with Gasteiger partial charge in [0, 0.05) is 26.1 Å². The lowest BCUT2D eigenvalue weighted by Gasteiger charge is -2.43. The highest BCUT2D eigenvalue weighted by molar-refractivity contribution is 8.00. The smallest absolute Gasteiger partial charge is 0.305 e. The van der Waals surface area contributed by atoms with Crippen LogP contribution in [0.2, 0.25) is 10.0 Å². The van der Waals surface area contributed by atoms with Gasteiger partial charge in [-0.25, -0.2) is 0 Å². The van der Waals surface area contributed by atoms with Gasteiger partial charge in [-0.1, -0.05) is 58.8 Å². The molecule has 7 atom stereocenters. The molecule has 1 saturated heterocycles. The summed E-state index contributed by atoms with van der Waals surface area (Å²) < 4.78 is 0. The lowest BCUT2D eigenvalue weighted by atomic mass is 9.68. The van der Waals surface area contributed by atoms with Crippen molar-refractivity contribution in [3.05, 3.63) is 84.2 Å². The lowest BCUT2D eigenvalue weighted by molar-refractivity contribution is -0.140. The molecule has 182 valence electrons. The normalized spacial score (nSPS) is 32.3. The van der Waals surface area contributed by atoms with E-state index in [0.717, 1.165) is 32.5 Å². The van der Waals surface area contributed by atoms with E-state index in [1.54, 1.807) is 36.0 Å². The molecule has 0 spiro atoms. The van der Waals surface area contributed by atoms with Crippen LogP contribution in [0.1, 0.15) is 28.3 Å². The molecule has 6 nitrogen and oxygen atoms in total. The zero-order valence-electron chi connectivity index (χ0n) is 18.6. The van der Waals surface area contributed by atoms with Gasteiger partial charge in [-0.15, -0.1) is 11.8 Å². The first-order valence-corrected chi connectivity index (χ1v) is 14.2. The first-order chi connectivity index (χ1) is 17.4. The molecular weight excluding hydrogens is 537 g/mol. The predicted molar refractivity (Wildman–Crippen MR) is 141 cm³/mol. The highest BCUT2D eigenvalue weighted by Gasteiger charge is 2.69. The Kier molecular flexibility index (Phi) is 5.26. The van der Waals surface area contributed by atoms with E-state index in [1.165, 1.54) is 17.6 Å². The summed E-state index contributed by atoms with van der Waals surface area (Å²) in [7, 11) is 0. The second-order valence-corrected chi connectivity index (χ2v) is 12.9. The quantitative estimate of drug-likeness (QED) is 0.353. The van der Waals surface area contributed by atoms with E-state index in [0.29, 0.717) is 10.0 Å². The number of thiazole rings is 1. The minimum absolute atomic E-state index is 0.0158. The number of amides is 2. The number of hydrazone groups is 1. The van der Waals surface area contributed by atoms with Crippen LogP contribution in [0.15, 0.2) is 63.5 Å². The summed E-state index contributed by atoms with van der Waals surface area (Å²) in [5.41, 5.74) is 1.85. The van der Waals surface area contributed by atoms with Crippen molar-refractivity contribution in [1.29, 1.82) is 0 Å². The average molecular weight is 556 g/mol. The lowest BCUT2D eigenvalue weighted by Crippen LogP contribution is -2.42. The number of halogens is 2. The number of carbonyl (C=O) groups excluding carboxylic acids is 2. The number of carbonyl (C=O) groups is 2. The molecule has 3 heterocycles. The molecule has 3 fully saturated rings. The molecule has 2 aliphatic heterocycles. The van der Waals surface area contributed by atoms with Gasteiger partial charge in [-0.05, 0) is 59.6 Å². The summed E-state index contributed by atoms with van der Waals surface area (Å²) in [5.74, 6) is -0.917. The van der Waals surface area contributed by atoms with Crippen molar-refractivity contribution in [2.24, 2.45) is 34.7 Å². The Bertz CT molecular complexity index is 1480. The highest BCUT2D eigenvalue weighted by atomic mass is 35.5. The van der Waals surface area contributed by atoms with E-state index >= 15 is 0 Å². The molecule has 2 aliphatic carbocycles. The maximum Gasteiger partial charge on any atom is 0.305 e. The third-order valence-corrected chi connectivity index (χ3v) is 11.2. The van der Waals surface area contributed by atoms with Gasteiger partial charge in [0.2, 0.25) is 0 Å². The zero-order valence-corrected chi connectivity index (χ0v) is 21.8. The van der Waals surface area contributed by atoms with Crippen LogP contribution in [0.25, 0.3) is 0 Å². The number of aromatic nitrogens is 1. The van der Waals surface area contributed by atoms with Crippen molar-refractivity contribution < 1.29 is 9.59 Å². The summed E-state index contributed by atoms with van der Waals surface area (Å²) in [5, 5.41) is 7.69. The Morgan fingerprint density at radius 1 is 0.917 bits per heavy atom. The van der Waals surface area contributed by atoms with Gasteiger partial charge in [0.05, 0.1) is 23.1 Å². The standard InChI is InChI=1S/C26H19Cl2N3O3S2/c27-13-5-1-11(2-6-13)10-29-31-24(32)19-15-9-16(20(19)25(31)33)21-18(15)17(12-3-7-14(28)8-4-12)22-23(35-21)30-26(34)36-22/h1-8,10,15-21H,9H2,(H,30,34)/b29-10-/t15-,16-,17-,18-,19+,20-,21+/m1/s1. The molecule has 2 amide bonds. The van der Waals surface area contributed by atoms with E-state index in [2.05, 4.69) is 10.1 Å². The fraction of sp³-hybridized carbons (Fsp3) is 0.308. The van der Waals surface area contributed by atoms with Gasteiger partial charge in [-0.3, -0.25) is 14.4 Å². The van der Waals surface area contributed by atoms with Crippen LogP contribution in [-0.4, -0.2) is 33.3 Å². The molecule has 10 heteroatoms. The van der Waals surface area contributed by atoms with Crippen LogP contribution in [0, 0.1) is 29.6 Å². The number of aromatic amines is 1. The van der Waals surface area contributed by atoms with E-state index in [4.69, 9.17) is 23.2 Å². The Hall–Kier alpha value is -2.39. The fourth-order valence-electron chi connectivity index (χ4n) is 6.83. The van der Waals surface area contributed by atoms with Crippen molar-refractivity contribution in [1.82, 2.24) is 9.99 Å². The summed E-state index contributed by atoms with van der Waals surface area (Å²) in [6, 6.07) is 14.8. The largest absolute Gasteiger partial charge is 0.307 e. The maximum atomic E-state index is 13.6. The third kappa shape index (κ3) is 3.31. The van der Waals surface area contributed by atoms with Crippen molar-refractivity contribution in [3.8, 4) is 0 Å². The number of hydrogen-bond acceptors (Lipinski definition) is 6. The van der Waals surface area contributed by atoms with Crippen molar-refractivity contribution in [2.75, 3.05) is 0 Å². The minimum atomic E-state index is -0.376. The average Bonchev–Trinajstić information content (AvgIpc) is 3.59. The Labute approximate surface area is 224 Å². The molecule has 1 N–H and O–H groups in total. The molecular formula is C26H19Cl2N3O3S2. The molecule has 0 radical (unpaired) electrons. The first kappa shape index (κ1) is 22.8. The van der Waals surface area contributed by atoms with Gasteiger partial charge in [-0.2, -0.15) is 10.1 Å². The third-order valence-electron chi connectivity index (χ3n) is 8.12. The molecule has 3 aromatic rings. The molecule has 2 aromatic carbocycles. The number of fused-ring (bicyclic) bond motifs is 9. The molecule has 0 unspecified atom stereocenters. The maximum absolute atomic E-state index is 13.6. The van der Waals surface area contributed by atoms with Crippen molar-refractivity contribution in [2.45, 2.75) is 22.6 Å². The van der Waals surface area contributed by atoms with Crippen LogP contribution in [0.3, 0.4) is 0 Å². The van der Waals surface area contributed by atoms with Gasteiger partial charge in [0.25, 0.3) is 11.8 Å². The van der Waals surface area contributed by atoms with E-state index in [9.17, 15) is 14.4 Å². The number of thioether (sulfide) groups is 1. The monoisotopic (exact) mass is 555 g/mol. The second-order valence-electron chi connectivity index (χ2n) is 9.80. The second kappa shape index (κ2) is 8.31. The molecule has 7 rings (SSSR count). The molecule has 4 aliphatic rings. The number of rotatable bonds is 3. The SMILES string of the molecule is O=C1[C@@H]2[C@H]3C[C@@H]([C@@H]2C(=O)N1/N=C\c1ccc(Cl)cc1)[C@@H]1[C@@H](c2ccc(Cl)cc2)c2sc(=O)[nH]c2S[C@@H]31. The van der Waals surface area contributed by atoms with Crippen LogP contribution in [0.5, 0.6) is 0 Å². The molecule has 2 bridgehead atoms. The number of H-pyrrole nitrogens is 1. The summed E-state index contributed by atoms with van der Waals surface area (Å²) in [4.78, 5) is 43.3. The Morgan fingerprint density at radius 2 is 1.56 bits per heavy atom. The molecule has 36 heavy (non-hydrogen) atoms. The van der Waals surface area contributed by atoms with Crippen LogP contribution < -0.4 is 4.87 Å². The topological polar surface area (TPSA) is 82.6 Å². The Balaban J connectivity index is 1.25. The van der Waals surface area contributed by atoms with E-state index in [1.807, 2.05) is 24.3 Å². The van der Waals surface area contributed by atoms with Gasteiger partial charge >= 0.3 is 4.87 Å². The van der Waals surface area contributed by atoms with Gasteiger partial charge < -0.3 is 4.98 Å². The fourth-order valence-corrected chi connectivity index (χ4v) is 9.97.